The van der Waals surface area contributed by atoms with Crippen molar-refractivity contribution in [2.24, 2.45) is 5.73 Å². The molecule has 6 heteroatoms. The lowest BCUT2D eigenvalue weighted by molar-refractivity contribution is -0.386. The lowest BCUT2D eigenvalue weighted by Gasteiger charge is -2.27. The number of nitrogens with zero attached hydrogens (tertiary/aromatic N) is 1. The Bertz CT molecular complexity index is 555. The number of rotatable bonds is 4. The smallest absolute Gasteiger partial charge is 0.310 e. The van der Waals surface area contributed by atoms with E-state index in [0.29, 0.717) is 13.0 Å². The van der Waals surface area contributed by atoms with Crippen molar-refractivity contribution >= 4 is 5.69 Å². The van der Waals surface area contributed by atoms with Gasteiger partial charge in [-0.3, -0.25) is 10.1 Å². The summed E-state index contributed by atoms with van der Waals surface area (Å²) < 4.78 is 11.9. The van der Waals surface area contributed by atoms with Crippen LogP contribution in [0, 0.1) is 10.1 Å². The van der Waals surface area contributed by atoms with Crippen molar-refractivity contribution in [1.29, 1.82) is 0 Å². The molecule has 1 atom stereocenters. The van der Waals surface area contributed by atoms with Gasteiger partial charge in [0.15, 0.2) is 5.75 Å². The Morgan fingerprint density at radius 3 is 2.57 bits per heavy atom. The molecule has 2 N–H and O–H groups in total. The zero-order valence-electron chi connectivity index (χ0n) is 12.9. The second-order valence-corrected chi connectivity index (χ2v) is 6.54. The third kappa shape index (κ3) is 3.33. The molecule has 1 aliphatic rings. The molecule has 1 aliphatic heterocycles. The van der Waals surface area contributed by atoms with E-state index in [1.54, 1.807) is 12.1 Å². The predicted molar refractivity (Wildman–Crippen MR) is 79.3 cm³/mol. The summed E-state index contributed by atoms with van der Waals surface area (Å²) in [6.45, 7) is 8.16. The Labute approximate surface area is 124 Å². The molecule has 116 valence electrons. The largest absolute Gasteiger partial charge is 0.480 e. The van der Waals surface area contributed by atoms with Crippen molar-refractivity contribution in [3.63, 3.8) is 0 Å². The lowest BCUT2D eigenvalue weighted by atomic mass is 9.97. The zero-order chi connectivity index (χ0) is 15.8. The standard InChI is InChI=1S/C15H22N2O4/c1-14(2)8-13(15(3,4)21-14)20-12-7-10(9-16)5-6-11(12)17(18)19/h5-7,13H,8-9,16H2,1-4H3. The summed E-state index contributed by atoms with van der Waals surface area (Å²) in [5.74, 6) is 0.252. The third-order valence-electron chi connectivity index (χ3n) is 3.72. The molecule has 0 amide bonds. The van der Waals surface area contributed by atoms with E-state index in [9.17, 15) is 10.1 Å². The fourth-order valence-corrected chi connectivity index (χ4v) is 2.78. The molecular weight excluding hydrogens is 272 g/mol. The first kappa shape index (κ1) is 15.7. The molecule has 1 aromatic carbocycles. The van der Waals surface area contributed by atoms with Crippen LogP contribution in [-0.2, 0) is 11.3 Å². The van der Waals surface area contributed by atoms with Crippen LogP contribution in [0.2, 0.25) is 0 Å². The first-order valence-corrected chi connectivity index (χ1v) is 6.99. The highest BCUT2D eigenvalue weighted by Gasteiger charge is 2.48. The highest BCUT2D eigenvalue weighted by molar-refractivity contribution is 5.48. The van der Waals surface area contributed by atoms with Crippen molar-refractivity contribution in [2.75, 3.05) is 0 Å². The topological polar surface area (TPSA) is 87.6 Å². The molecule has 0 bridgehead atoms. The van der Waals surface area contributed by atoms with Gasteiger partial charge in [-0.1, -0.05) is 6.07 Å². The number of nitro benzene ring substituents is 1. The second kappa shape index (κ2) is 5.27. The number of benzene rings is 1. The Morgan fingerprint density at radius 2 is 2.10 bits per heavy atom. The molecule has 0 saturated carbocycles. The molecule has 1 unspecified atom stereocenters. The van der Waals surface area contributed by atoms with E-state index < -0.39 is 10.5 Å². The molecule has 0 aliphatic carbocycles. The zero-order valence-corrected chi connectivity index (χ0v) is 12.9. The normalized spacial score (nSPS) is 23.0. The van der Waals surface area contributed by atoms with Gasteiger partial charge in [-0.05, 0) is 39.3 Å². The molecule has 1 saturated heterocycles. The minimum atomic E-state index is -0.504. The molecule has 2 rings (SSSR count). The highest BCUT2D eigenvalue weighted by Crippen LogP contribution is 2.41. The average Bonchev–Trinajstić information content (AvgIpc) is 2.56. The number of nitro groups is 1. The van der Waals surface area contributed by atoms with Crippen LogP contribution >= 0.6 is 0 Å². The van der Waals surface area contributed by atoms with E-state index in [1.807, 2.05) is 27.7 Å². The molecule has 0 spiro atoms. The molecule has 1 heterocycles. The minimum Gasteiger partial charge on any atom is -0.480 e. The number of hydrogen-bond donors (Lipinski definition) is 1. The molecule has 1 fully saturated rings. The second-order valence-electron chi connectivity index (χ2n) is 6.54. The number of hydrogen-bond acceptors (Lipinski definition) is 5. The van der Waals surface area contributed by atoms with Crippen LogP contribution in [0.5, 0.6) is 5.75 Å². The van der Waals surface area contributed by atoms with Gasteiger partial charge in [0.25, 0.3) is 0 Å². The first-order chi connectivity index (χ1) is 9.64. The average molecular weight is 294 g/mol. The first-order valence-electron chi connectivity index (χ1n) is 6.99. The van der Waals surface area contributed by atoms with Gasteiger partial charge in [0.2, 0.25) is 0 Å². The molecule has 21 heavy (non-hydrogen) atoms. The van der Waals surface area contributed by atoms with Gasteiger partial charge < -0.3 is 15.2 Å². The van der Waals surface area contributed by atoms with Crippen LogP contribution in [0.15, 0.2) is 18.2 Å². The molecule has 0 aromatic heterocycles. The van der Waals surface area contributed by atoms with Crippen LogP contribution < -0.4 is 10.5 Å². The van der Waals surface area contributed by atoms with Crippen LogP contribution in [0.1, 0.15) is 39.7 Å². The van der Waals surface area contributed by atoms with E-state index >= 15 is 0 Å². The number of ether oxygens (including phenoxy) is 2. The monoisotopic (exact) mass is 294 g/mol. The van der Waals surface area contributed by atoms with Gasteiger partial charge in [0.1, 0.15) is 11.7 Å². The summed E-state index contributed by atoms with van der Waals surface area (Å²) in [7, 11) is 0. The van der Waals surface area contributed by atoms with E-state index in [4.69, 9.17) is 15.2 Å². The summed E-state index contributed by atoms with van der Waals surface area (Å²) >= 11 is 0. The van der Waals surface area contributed by atoms with Crippen LogP contribution in [0.3, 0.4) is 0 Å². The van der Waals surface area contributed by atoms with E-state index in [0.717, 1.165) is 5.56 Å². The van der Waals surface area contributed by atoms with E-state index in [1.165, 1.54) is 6.07 Å². The Morgan fingerprint density at radius 1 is 1.43 bits per heavy atom. The van der Waals surface area contributed by atoms with Crippen molar-refractivity contribution in [2.45, 2.75) is 58.0 Å². The van der Waals surface area contributed by atoms with Crippen molar-refractivity contribution in [1.82, 2.24) is 0 Å². The van der Waals surface area contributed by atoms with Gasteiger partial charge in [0.05, 0.1) is 10.5 Å². The summed E-state index contributed by atoms with van der Waals surface area (Å²) in [5.41, 5.74) is 5.53. The maximum absolute atomic E-state index is 11.1. The highest BCUT2D eigenvalue weighted by atomic mass is 16.6. The molecule has 6 nitrogen and oxygen atoms in total. The molecular formula is C15H22N2O4. The Kier molecular flexibility index (Phi) is 3.95. The third-order valence-corrected chi connectivity index (χ3v) is 3.72. The van der Waals surface area contributed by atoms with Crippen molar-refractivity contribution in [3.05, 3.63) is 33.9 Å². The maximum atomic E-state index is 11.1. The summed E-state index contributed by atoms with van der Waals surface area (Å²) in [6.07, 6.45) is 0.420. The summed E-state index contributed by atoms with van der Waals surface area (Å²) in [4.78, 5) is 10.7. The van der Waals surface area contributed by atoms with Gasteiger partial charge in [-0.2, -0.15) is 0 Å². The predicted octanol–water partition coefficient (Wildman–Crippen LogP) is 2.78. The fraction of sp³-hybridized carbons (Fsp3) is 0.600. The quantitative estimate of drug-likeness (QED) is 0.681. The van der Waals surface area contributed by atoms with Gasteiger partial charge in [-0.15, -0.1) is 0 Å². The van der Waals surface area contributed by atoms with E-state index in [-0.39, 0.29) is 23.1 Å². The van der Waals surface area contributed by atoms with Crippen molar-refractivity contribution in [3.8, 4) is 5.75 Å². The van der Waals surface area contributed by atoms with Gasteiger partial charge in [-0.25, -0.2) is 0 Å². The van der Waals surface area contributed by atoms with Crippen molar-refractivity contribution < 1.29 is 14.4 Å². The van der Waals surface area contributed by atoms with E-state index in [2.05, 4.69) is 0 Å². The molecule has 1 aromatic rings. The van der Waals surface area contributed by atoms with Gasteiger partial charge in [0, 0.05) is 19.0 Å². The molecule has 0 radical (unpaired) electrons. The van der Waals surface area contributed by atoms with Gasteiger partial charge >= 0.3 is 5.69 Å². The van der Waals surface area contributed by atoms with Crippen LogP contribution in [-0.4, -0.2) is 22.2 Å². The fourth-order valence-electron chi connectivity index (χ4n) is 2.78. The Hall–Kier alpha value is -1.66. The SMILES string of the molecule is CC1(C)CC(Oc2cc(CN)ccc2[N+](=O)[O-])C(C)(C)O1. The maximum Gasteiger partial charge on any atom is 0.310 e. The van der Waals surface area contributed by atoms with Crippen LogP contribution in [0.25, 0.3) is 0 Å². The Balaban J connectivity index is 2.32. The minimum absolute atomic E-state index is 0.0484. The summed E-state index contributed by atoms with van der Waals surface area (Å²) in [6, 6.07) is 4.72. The summed E-state index contributed by atoms with van der Waals surface area (Å²) in [5, 5.41) is 11.1. The number of nitrogens with two attached hydrogens (primary N) is 1. The van der Waals surface area contributed by atoms with Crippen LogP contribution in [0.4, 0.5) is 5.69 Å². The lowest BCUT2D eigenvalue weighted by Crippen LogP contribution is -2.36.